The van der Waals surface area contributed by atoms with Crippen molar-refractivity contribution >= 4 is 5.91 Å². The number of carbonyl (C=O) groups is 1. The number of hydrogen-bond donors (Lipinski definition) is 1. The van der Waals surface area contributed by atoms with Gasteiger partial charge in [0, 0.05) is 44.5 Å². The number of aromatic nitrogens is 2. The van der Waals surface area contributed by atoms with Gasteiger partial charge in [0.2, 0.25) is 0 Å². The Morgan fingerprint density at radius 1 is 1.19 bits per heavy atom. The Morgan fingerprint density at radius 2 is 2.00 bits per heavy atom. The molecule has 0 saturated carbocycles. The van der Waals surface area contributed by atoms with E-state index in [2.05, 4.69) is 5.10 Å². The predicted molar refractivity (Wildman–Crippen MR) is 111 cm³/mol. The second kappa shape index (κ2) is 10.0. The summed E-state index contributed by atoms with van der Waals surface area (Å²) in [5.74, 6) is -0.668. The zero-order valence-electron chi connectivity index (χ0n) is 17.3. The lowest BCUT2D eigenvalue weighted by atomic mass is 10.1. The molecule has 0 radical (unpaired) electrons. The predicted octanol–water partition coefficient (Wildman–Crippen LogP) is 2.89. The Hall–Kier alpha value is -3.46. The van der Waals surface area contributed by atoms with Crippen molar-refractivity contribution in [3.05, 3.63) is 77.1 Å². The van der Waals surface area contributed by atoms with E-state index in [1.165, 1.54) is 25.4 Å². The molecule has 0 saturated heterocycles. The smallest absolute Gasteiger partial charge is 0.257 e. The highest BCUT2D eigenvalue weighted by molar-refractivity contribution is 5.93. The van der Waals surface area contributed by atoms with Crippen LogP contribution in [0.5, 0.6) is 11.5 Å². The third kappa shape index (κ3) is 5.58. The van der Waals surface area contributed by atoms with Crippen molar-refractivity contribution in [3.8, 4) is 11.5 Å². The first-order valence-corrected chi connectivity index (χ1v) is 9.63. The van der Waals surface area contributed by atoms with Crippen LogP contribution in [0, 0.1) is 11.6 Å². The number of ether oxygens (including phenoxy) is 2. The van der Waals surface area contributed by atoms with Crippen molar-refractivity contribution < 1.29 is 23.0 Å². The molecule has 1 amide bonds. The monoisotopic (exact) mass is 430 g/mol. The Kier molecular flexibility index (Phi) is 7.19. The molecule has 0 atom stereocenters. The number of hydrogen-bond acceptors (Lipinski definition) is 5. The average molecular weight is 430 g/mol. The van der Waals surface area contributed by atoms with Gasteiger partial charge in [-0.2, -0.15) is 5.10 Å². The topological polar surface area (TPSA) is 82.6 Å². The van der Waals surface area contributed by atoms with E-state index in [1.54, 1.807) is 41.0 Å². The SMILES string of the molecule is COc1cc(CN(CCN)C(=O)c2cnn(C)c2)ccc1OCc1ccc(F)cc1F. The van der Waals surface area contributed by atoms with E-state index in [4.69, 9.17) is 15.2 Å². The van der Waals surface area contributed by atoms with Gasteiger partial charge >= 0.3 is 0 Å². The van der Waals surface area contributed by atoms with Crippen molar-refractivity contribution in [2.24, 2.45) is 12.8 Å². The molecule has 31 heavy (non-hydrogen) atoms. The maximum atomic E-state index is 13.8. The Bertz CT molecular complexity index is 1050. The van der Waals surface area contributed by atoms with E-state index < -0.39 is 11.6 Å². The molecule has 0 spiro atoms. The minimum Gasteiger partial charge on any atom is -0.493 e. The van der Waals surface area contributed by atoms with Crippen LogP contribution in [-0.4, -0.2) is 40.8 Å². The number of rotatable bonds is 9. The summed E-state index contributed by atoms with van der Waals surface area (Å²) in [4.78, 5) is 14.4. The first-order valence-electron chi connectivity index (χ1n) is 9.63. The zero-order chi connectivity index (χ0) is 22.4. The van der Waals surface area contributed by atoms with Gasteiger partial charge in [0.05, 0.1) is 18.9 Å². The molecule has 0 fully saturated rings. The lowest BCUT2D eigenvalue weighted by Crippen LogP contribution is -2.34. The molecular formula is C22H24F2N4O3. The highest BCUT2D eigenvalue weighted by atomic mass is 19.1. The number of methoxy groups -OCH3 is 1. The van der Waals surface area contributed by atoms with Gasteiger partial charge < -0.3 is 20.1 Å². The number of aryl methyl sites for hydroxylation is 1. The molecule has 9 heteroatoms. The molecule has 0 aliphatic carbocycles. The van der Waals surface area contributed by atoms with Crippen molar-refractivity contribution in [3.63, 3.8) is 0 Å². The maximum Gasteiger partial charge on any atom is 0.257 e. The molecule has 1 aromatic heterocycles. The first kappa shape index (κ1) is 22.2. The second-order valence-electron chi connectivity index (χ2n) is 6.93. The van der Waals surface area contributed by atoms with Crippen LogP contribution in [0.4, 0.5) is 8.78 Å². The van der Waals surface area contributed by atoms with Crippen molar-refractivity contribution in [2.45, 2.75) is 13.2 Å². The van der Waals surface area contributed by atoms with E-state index >= 15 is 0 Å². The van der Waals surface area contributed by atoms with Crippen LogP contribution in [-0.2, 0) is 20.2 Å². The molecule has 2 N–H and O–H groups in total. The van der Waals surface area contributed by atoms with Crippen LogP contribution in [0.3, 0.4) is 0 Å². The van der Waals surface area contributed by atoms with E-state index in [0.29, 0.717) is 36.7 Å². The number of nitrogens with zero attached hydrogens (tertiary/aromatic N) is 3. The van der Waals surface area contributed by atoms with Gasteiger partial charge in [0.1, 0.15) is 18.2 Å². The summed E-state index contributed by atoms with van der Waals surface area (Å²) in [5.41, 5.74) is 7.20. The third-order valence-electron chi connectivity index (χ3n) is 4.64. The Morgan fingerprint density at radius 3 is 2.65 bits per heavy atom. The fraction of sp³-hybridized carbons (Fsp3) is 0.273. The summed E-state index contributed by atoms with van der Waals surface area (Å²) >= 11 is 0. The van der Waals surface area contributed by atoms with Crippen molar-refractivity contribution in [1.82, 2.24) is 14.7 Å². The fourth-order valence-corrected chi connectivity index (χ4v) is 3.07. The highest BCUT2D eigenvalue weighted by Crippen LogP contribution is 2.30. The molecule has 2 aromatic carbocycles. The minimum atomic E-state index is -0.679. The second-order valence-corrected chi connectivity index (χ2v) is 6.93. The van der Waals surface area contributed by atoms with E-state index in [0.717, 1.165) is 11.6 Å². The van der Waals surface area contributed by atoms with Gasteiger partial charge in [-0.15, -0.1) is 0 Å². The average Bonchev–Trinajstić information content (AvgIpc) is 3.19. The molecule has 0 bridgehead atoms. The Balaban J connectivity index is 1.73. The summed E-state index contributed by atoms with van der Waals surface area (Å²) in [6.45, 7) is 0.917. The van der Waals surface area contributed by atoms with Gasteiger partial charge in [-0.05, 0) is 29.8 Å². The molecule has 0 unspecified atom stereocenters. The highest BCUT2D eigenvalue weighted by Gasteiger charge is 2.18. The molecular weight excluding hydrogens is 406 g/mol. The number of carbonyl (C=O) groups excluding carboxylic acids is 1. The van der Waals surface area contributed by atoms with Gasteiger partial charge in [-0.1, -0.05) is 6.07 Å². The summed E-state index contributed by atoms with van der Waals surface area (Å²) in [7, 11) is 3.23. The van der Waals surface area contributed by atoms with Crippen LogP contribution in [0.25, 0.3) is 0 Å². The van der Waals surface area contributed by atoms with Crippen LogP contribution in [0.2, 0.25) is 0 Å². The van der Waals surface area contributed by atoms with Crippen molar-refractivity contribution in [1.29, 1.82) is 0 Å². The molecule has 3 rings (SSSR count). The van der Waals surface area contributed by atoms with Gasteiger partial charge in [0.25, 0.3) is 5.91 Å². The minimum absolute atomic E-state index is 0.0827. The van der Waals surface area contributed by atoms with E-state index in [1.807, 2.05) is 0 Å². The standard InChI is InChI=1S/C22H24F2N4O3/c1-27-13-17(11-26-27)22(29)28(8-7-25)12-15-3-6-20(21(9-15)30-2)31-14-16-4-5-18(23)10-19(16)24/h3-6,9-11,13H,7-8,12,14,25H2,1-2H3. The van der Waals surface area contributed by atoms with Crippen molar-refractivity contribution in [2.75, 3.05) is 20.2 Å². The Labute approximate surface area is 179 Å². The molecule has 0 aliphatic heterocycles. The van der Waals surface area contributed by atoms with E-state index in [-0.39, 0.29) is 18.1 Å². The number of benzene rings is 2. The van der Waals surface area contributed by atoms with Crippen LogP contribution < -0.4 is 15.2 Å². The largest absolute Gasteiger partial charge is 0.493 e. The van der Waals surface area contributed by atoms with Crippen LogP contribution in [0.15, 0.2) is 48.8 Å². The van der Waals surface area contributed by atoms with Crippen LogP contribution in [0.1, 0.15) is 21.5 Å². The van der Waals surface area contributed by atoms with Gasteiger partial charge in [-0.25, -0.2) is 8.78 Å². The summed E-state index contributed by atoms with van der Waals surface area (Å²) in [5, 5.41) is 4.04. The molecule has 3 aromatic rings. The lowest BCUT2D eigenvalue weighted by molar-refractivity contribution is 0.0748. The lowest BCUT2D eigenvalue weighted by Gasteiger charge is -2.22. The van der Waals surface area contributed by atoms with Gasteiger partial charge in [-0.3, -0.25) is 9.48 Å². The normalized spacial score (nSPS) is 10.7. The summed E-state index contributed by atoms with van der Waals surface area (Å²) < 4.78 is 39.5. The molecule has 7 nitrogen and oxygen atoms in total. The third-order valence-corrected chi connectivity index (χ3v) is 4.64. The van der Waals surface area contributed by atoms with Gasteiger partial charge in [0.15, 0.2) is 11.5 Å². The quantitative estimate of drug-likeness (QED) is 0.565. The first-order chi connectivity index (χ1) is 14.9. The zero-order valence-corrected chi connectivity index (χ0v) is 17.3. The van der Waals surface area contributed by atoms with E-state index in [9.17, 15) is 13.6 Å². The summed E-state index contributed by atoms with van der Waals surface area (Å²) in [6.07, 6.45) is 3.16. The fourth-order valence-electron chi connectivity index (χ4n) is 3.07. The number of amides is 1. The molecule has 164 valence electrons. The number of halogens is 2. The van der Waals surface area contributed by atoms with Crippen LogP contribution >= 0.6 is 0 Å². The molecule has 1 heterocycles. The maximum absolute atomic E-state index is 13.8. The molecule has 0 aliphatic rings. The summed E-state index contributed by atoms with van der Waals surface area (Å²) in [6, 6.07) is 8.54. The number of nitrogens with two attached hydrogens (primary N) is 1.